The van der Waals surface area contributed by atoms with Crippen LogP contribution in [0, 0.1) is 11.7 Å². The summed E-state index contributed by atoms with van der Waals surface area (Å²) in [5.74, 6) is -2.48. The molecule has 1 aliphatic carbocycles. The van der Waals surface area contributed by atoms with Crippen LogP contribution in [0.2, 0.25) is 0 Å². The minimum atomic E-state index is -0.593. The molecule has 0 bridgehead atoms. The van der Waals surface area contributed by atoms with E-state index in [9.17, 15) is 23.6 Å². The Balaban J connectivity index is 1.38. The lowest BCUT2D eigenvalue weighted by atomic mass is 9.85. The van der Waals surface area contributed by atoms with E-state index >= 15 is 0 Å². The maximum Gasteiger partial charge on any atom is 0.230 e. The lowest BCUT2D eigenvalue weighted by Crippen LogP contribution is -2.54. The van der Waals surface area contributed by atoms with E-state index in [1.165, 1.54) is 12.1 Å². The Morgan fingerprint density at radius 1 is 1.15 bits per heavy atom. The quantitative estimate of drug-likeness (QED) is 0.638. The van der Waals surface area contributed by atoms with Crippen molar-refractivity contribution in [1.29, 1.82) is 0 Å². The molecule has 1 heterocycles. The van der Waals surface area contributed by atoms with E-state index in [-0.39, 0.29) is 48.5 Å². The molecule has 3 rings (SSSR count). The van der Waals surface area contributed by atoms with Gasteiger partial charge in [0.05, 0.1) is 11.8 Å². The molecule has 1 aromatic carbocycles. The van der Waals surface area contributed by atoms with Crippen molar-refractivity contribution in [3.05, 3.63) is 35.6 Å². The largest absolute Gasteiger partial charge is 0.353 e. The molecule has 8 heteroatoms. The van der Waals surface area contributed by atoms with Gasteiger partial charge in [-0.15, -0.1) is 0 Å². The van der Waals surface area contributed by atoms with Gasteiger partial charge >= 0.3 is 0 Å². The van der Waals surface area contributed by atoms with E-state index in [1.54, 1.807) is 19.1 Å². The normalized spacial score (nSPS) is 25.3. The number of carbonyl (C=O) groups is 4. The third-order valence-corrected chi connectivity index (χ3v) is 5.11. The van der Waals surface area contributed by atoms with Crippen molar-refractivity contribution in [3.63, 3.8) is 0 Å². The van der Waals surface area contributed by atoms with Gasteiger partial charge in [0.2, 0.25) is 23.6 Å². The summed E-state index contributed by atoms with van der Waals surface area (Å²) in [6, 6.07) is 5.75. The fraction of sp³-hybridized carbons (Fsp3) is 0.474. The molecule has 2 fully saturated rings. The Morgan fingerprint density at radius 3 is 2.37 bits per heavy atom. The molecule has 1 aliphatic heterocycles. The van der Waals surface area contributed by atoms with Crippen LogP contribution in [0.1, 0.15) is 44.1 Å². The van der Waals surface area contributed by atoms with E-state index in [0.717, 1.165) is 5.56 Å². The van der Waals surface area contributed by atoms with Gasteiger partial charge in [0.15, 0.2) is 0 Å². The summed E-state index contributed by atoms with van der Waals surface area (Å²) in [6.45, 7) is 1.76. The highest BCUT2D eigenvalue weighted by Crippen LogP contribution is 2.23. The highest BCUT2D eigenvalue weighted by atomic mass is 19.1. The predicted octanol–water partition coefficient (Wildman–Crippen LogP) is 0.745. The molecule has 4 amide bonds. The van der Waals surface area contributed by atoms with E-state index in [2.05, 4.69) is 16.0 Å². The standard InChI is InChI=1S/C19H22FN3O4/c1-10(11-2-4-13(20)5-3-11)18(26)22-15-8-14(9-15)21-16(24)6-12-7-17(25)23-19(12)27/h2-5,10,12,14-15H,6-9H2,1H3,(H,21,24)(H,22,26)(H,23,25,27)/t10-,12?,14?,15?/m0/s1. The number of imide groups is 1. The zero-order valence-corrected chi connectivity index (χ0v) is 15.0. The molecule has 1 saturated heterocycles. The highest BCUT2D eigenvalue weighted by Gasteiger charge is 2.35. The van der Waals surface area contributed by atoms with Crippen molar-refractivity contribution in [1.82, 2.24) is 16.0 Å². The van der Waals surface area contributed by atoms with Gasteiger partial charge in [-0.2, -0.15) is 0 Å². The van der Waals surface area contributed by atoms with Gasteiger partial charge in [-0.25, -0.2) is 4.39 Å². The number of nitrogens with one attached hydrogen (secondary N) is 3. The van der Waals surface area contributed by atoms with Crippen LogP contribution >= 0.6 is 0 Å². The molecule has 0 radical (unpaired) electrons. The smallest absolute Gasteiger partial charge is 0.230 e. The van der Waals surface area contributed by atoms with Crippen molar-refractivity contribution in [2.24, 2.45) is 5.92 Å². The molecule has 2 atom stereocenters. The lowest BCUT2D eigenvalue weighted by Gasteiger charge is -2.37. The number of halogens is 1. The van der Waals surface area contributed by atoms with E-state index in [0.29, 0.717) is 12.8 Å². The Labute approximate surface area is 156 Å². The number of carbonyl (C=O) groups excluding carboxylic acids is 4. The molecule has 144 valence electrons. The van der Waals surface area contributed by atoms with Gasteiger partial charge in [-0.05, 0) is 37.5 Å². The summed E-state index contributed by atoms with van der Waals surface area (Å²) in [7, 11) is 0. The summed E-state index contributed by atoms with van der Waals surface area (Å²) < 4.78 is 13.0. The number of hydrogen-bond donors (Lipinski definition) is 3. The van der Waals surface area contributed by atoms with Crippen LogP contribution in [0.3, 0.4) is 0 Å². The number of benzene rings is 1. The molecule has 1 saturated carbocycles. The van der Waals surface area contributed by atoms with Gasteiger partial charge in [-0.3, -0.25) is 24.5 Å². The summed E-state index contributed by atoms with van der Waals surface area (Å²) in [6.07, 6.45) is 1.27. The van der Waals surface area contributed by atoms with Crippen molar-refractivity contribution in [2.45, 2.75) is 50.6 Å². The van der Waals surface area contributed by atoms with Crippen molar-refractivity contribution in [2.75, 3.05) is 0 Å². The first kappa shape index (κ1) is 19.0. The van der Waals surface area contributed by atoms with E-state index in [1.807, 2.05) is 0 Å². The summed E-state index contributed by atoms with van der Waals surface area (Å²) in [4.78, 5) is 46.9. The fourth-order valence-electron chi connectivity index (χ4n) is 3.36. The van der Waals surface area contributed by atoms with E-state index < -0.39 is 17.7 Å². The average Bonchev–Trinajstić information content (AvgIpc) is 2.89. The van der Waals surface area contributed by atoms with Gasteiger partial charge in [-0.1, -0.05) is 12.1 Å². The summed E-state index contributed by atoms with van der Waals surface area (Å²) in [5, 5.41) is 7.93. The maximum atomic E-state index is 13.0. The molecule has 3 N–H and O–H groups in total. The van der Waals surface area contributed by atoms with Crippen LogP contribution < -0.4 is 16.0 Å². The van der Waals surface area contributed by atoms with Gasteiger partial charge < -0.3 is 10.6 Å². The van der Waals surface area contributed by atoms with E-state index in [4.69, 9.17) is 0 Å². The number of rotatable bonds is 6. The van der Waals surface area contributed by atoms with Crippen LogP contribution in [0.5, 0.6) is 0 Å². The first-order valence-electron chi connectivity index (χ1n) is 9.00. The van der Waals surface area contributed by atoms with Crippen LogP contribution in [0.4, 0.5) is 4.39 Å². The summed E-state index contributed by atoms with van der Waals surface area (Å²) in [5.41, 5.74) is 0.738. The third kappa shape index (κ3) is 4.69. The molecule has 1 aromatic rings. The molecule has 1 unspecified atom stereocenters. The zero-order valence-electron chi connectivity index (χ0n) is 15.0. The Hall–Kier alpha value is -2.77. The molecule has 27 heavy (non-hydrogen) atoms. The monoisotopic (exact) mass is 375 g/mol. The maximum absolute atomic E-state index is 13.0. The van der Waals surface area contributed by atoms with Crippen LogP contribution in [-0.2, 0) is 19.2 Å². The van der Waals surface area contributed by atoms with Crippen molar-refractivity contribution in [3.8, 4) is 0 Å². The molecular formula is C19H22FN3O4. The minimum Gasteiger partial charge on any atom is -0.353 e. The topological polar surface area (TPSA) is 104 Å². The predicted molar refractivity (Wildman–Crippen MR) is 93.8 cm³/mol. The molecule has 7 nitrogen and oxygen atoms in total. The van der Waals surface area contributed by atoms with Crippen molar-refractivity contribution < 1.29 is 23.6 Å². The number of hydrogen-bond acceptors (Lipinski definition) is 4. The van der Waals surface area contributed by atoms with Gasteiger partial charge in [0, 0.05) is 24.9 Å². The van der Waals surface area contributed by atoms with Crippen LogP contribution in [-0.4, -0.2) is 35.7 Å². The second kappa shape index (κ2) is 7.85. The average molecular weight is 375 g/mol. The first-order chi connectivity index (χ1) is 12.8. The molecular weight excluding hydrogens is 353 g/mol. The summed E-state index contributed by atoms with van der Waals surface area (Å²) >= 11 is 0. The second-order valence-corrected chi connectivity index (χ2v) is 7.23. The van der Waals surface area contributed by atoms with Crippen LogP contribution in [0.25, 0.3) is 0 Å². The Bertz CT molecular complexity index is 759. The molecule has 2 aliphatic rings. The van der Waals surface area contributed by atoms with Gasteiger partial charge in [0.25, 0.3) is 0 Å². The Kier molecular flexibility index (Phi) is 5.53. The van der Waals surface area contributed by atoms with Crippen LogP contribution in [0.15, 0.2) is 24.3 Å². The molecule has 0 spiro atoms. The zero-order chi connectivity index (χ0) is 19.6. The SMILES string of the molecule is C[C@H](C(=O)NC1CC(NC(=O)CC2CC(=O)NC2=O)C1)c1ccc(F)cc1. The second-order valence-electron chi connectivity index (χ2n) is 7.23. The fourth-order valence-corrected chi connectivity index (χ4v) is 3.36. The third-order valence-electron chi connectivity index (χ3n) is 5.11. The number of amides is 4. The van der Waals surface area contributed by atoms with Crippen molar-refractivity contribution >= 4 is 23.6 Å². The lowest BCUT2D eigenvalue weighted by molar-refractivity contribution is -0.130. The first-order valence-corrected chi connectivity index (χ1v) is 9.00. The molecule has 0 aromatic heterocycles. The Morgan fingerprint density at radius 2 is 1.78 bits per heavy atom. The highest BCUT2D eigenvalue weighted by molar-refractivity contribution is 6.04. The minimum absolute atomic E-state index is 0.00724. The van der Waals surface area contributed by atoms with Gasteiger partial charge in [0.1, 0.15) is 5.82 Å².